The van der Waals surface area contributed by atoms with E-state index in [0.29, 0.717) is 16.1 Å². The third-order valence-corrected chi connectivity index (χ3v) is 5.04. The maximum absolute atomic E-state index is 12.6. The number of nitriles is 1. The van der Waals surface area contributed by atoms with Crippen molar-refractivity contribution < 1.29 is 17.9 Å². The van der Waals surface area contributed by atoms with E-state index in [9.17, 15) is 13.2 Å². The number of esters is 1. The smallest absolute Gasteiger partial charge is 0.306 e. The first-order valence-corrected chi connectivity index (χ1v) is 9.60. The number of carbonyl (C=O) groups is 1. The van der Waals surface area contributed by atoms with E-state index in [1.54, 1.807) is 0 Å². The minimum absolute atomic E-state index is 0.0149. The number of methoxy groups -OCH3 is 1. The van der Waals surface area contributed by atoms with E-state index in [0.717, 1.165) is 0 Å². The normalized spacial score (nSPS) is 10.3. The molecular weight excluding hydrogens is 388 g/mol. The monoisotopic (exact) mass is 402 g/mol. The zero-order valence-electron chi connectivity index (χ0n) is 14.3. The SMILES string of the molecule is COC(=O)CCC#Cc1cc(Cl)ccc1NS(=O)(=O)c1ccc(C#N)cc1. The highest BCUT2D eigenvalue weighted by molar-refractivity contribution is 7.92. The van der Waals surface area contributed by atoms with Crippen LogP contribution in [-0.2, 0) is 19.6 Å². The molecule has 0 saturated carbocycles. The number of rotatable bonds is 5. The highest BCUT2D eigenvalue weighted by Gasteiger charge is 2.16. The van der Waals surface area contributed by atoms with E-state index in [4.69, 9.17) is 16.9 Å². The van der Waals surface area contributed by atoms with Crippen LogP contribution in [-0.4, -0.2) is 21.5 Å². The van der Waals surface area contributed by atoms with Crippen LogP contribution in [0.15, 0.2) is 47.4 Å². The van der Waals surface area contributed by atoms with Crippen molar-refractivity contribution in [2.24, 2.45) is 0 Å². The molecule has 2 rings (SSSR count). The molecule has 0 aliphatic heterocycles. The van der Waals surface area contributed by atoms with Crippen molar-refractivity contribution in [1.82, 2.24) is 0 Å². The fourth-order valence-corrected chi connectivity index (χ4v) is 3.30. The molecule has 0 unspecified atom stereocenters. The topological polar surface area (TPSA) is 96.3 Å². The van der Waals surface area contributed by atoms with E-state index in [2.05, 4.69) is 21.3 Å². The summed E-state index contributed by atoms with van der Waals surface area (Å²) in [6.45, 7) is 0. The maximum Gasteiger partial charge on any atom is 0.306 e. The summed E-state index contributed by atoms with van der Waals surface area (Å²) in [6, 6.07) is 12.0. The lowest BCUT2D eigenvalue weighted by Crippen LogP contribution is -2.13. The van der Waals surface area contributed by atoms with Crippen molar-refractivity contribution in [2.45, 2.75) is 17.7 Å². The van der Waals surface area contributed by atoms with Crippen LogP contribution < -0.4 is 4.72 Å². The molecule has 0 aromatic heterocycles. The third kappa shape index (κ3) is 5.75. The first-order chi connectivity index (χ1) is 12.9. The summed E-state index contributed by atoms with van der Waals surface area (Å²) in [5.74, 6) is 5.23. The number of benzene rings is 2. The Hall–Kier alpha value is -3.00. The van der Waals surface area contributed by atoms with Gasteiger partial charge in [-0.15, -0.1) is 0 Å². The summed E-state index contributed by atoms with van der Waals surface area (Å²) in [5, 5.41) is 9.21. The van der Waals surface area contributed by atoms with Crippen LogP contribution in [0.3, 0.4) is 0 Å². The number of halogens is 1. The summed E-state index contributed by atoms with van der Waals surface area (Å²) >= 11 is 5.97. The van der Waals surface area contributed by atoms with Crippen LogP contribution in [0, 0.1) is 23.2 Å². The second kappa shape index (κ2) is 9.09. The fraction of sp³-hybridized carbons (Fsp3) is 0.158. The zero-order valence-corrected chi connectivity index (χ0v) is 15.9. The van der Waals surface area contributed by atoms with E-state index < -0.39 is 10.0 Å². The van der Waals surface area contributed by atoms with Gasteiger partial charge in [-0.2, -0.15) is 5.26 Å². The van der Waals surface area contributed by atoms with Crippen LogP contribution in [0.4, 0.5) is 5.69 Å². The molecule has 8 heteroatoms. The average Bonchev–Trinajstić information content (AvgIpc) is 2.66. The van der Waals surface area contributed by atoms with E-state index >= 15 is 0 Å². The van der Waals surface area contributed by atoms with Gasteiger partial charge in [0.05, 0.1) is 41.3 Å². The molecule has 0 spiro atoms. The van der Waals surface area contributed by atoms with Crippen LogP contribution >= 0.6 is 11.6 Å². The second-order valence-corrected chi connectivity index (χ2v) is 7.43. The molecule has 0 aliphatic carbocycles. The van der Waals surface area contributed by atoms with Crippen molar-refractivity contribution in [3.8, 4) is 17.9 Å². The quantitative estimate of drug-likeness (QED) is 0.611. The molecule has 1 N–H and O–H groups in total. The first kappa shape index (κ1) is 20.3. The molecule has 0 bridgehead atoms. The fourth-order valence-electron chi connectivity index (χ4n) is 2.05. The molecule has 138 valence electrons. The molecule has 0 saturated heterocycles. The van der Waals surface area contributed by atoms with Crippen molar-refractivity contribution in [3.63, 3.8) is 0 Å². The molecule has 0 aliphatic rings. The van der Waals surface area contributed by atoms with E-state index in [1.807, 2.05) is 6.07 Å². The number of ether oxygens (including phenoxy) is 1. The van der Waals surface area contributed by atoms with E-state index in [-0.39, 0.29) is 29.4 Å². The maximum atomic E-state index is 12.6. The predicted octanol–water partition coefficient (Wildman–Crippen LogP) is 3.32. The van der Waals surface area contributed by atoms with Gasteiger partial charge in [-0.25, -0.2) is 8.42 Å². The number of hydrogen-bond acceptors (Lipinski definition) is 5. The van der Waals surface area contributed by atoms with E-state index in [1.165, 1.54) is 49.6 Å². The molecule has 0 fully saturated rings. The molecule has 6 nitrogen and oxygen atoms in total. The van der Waals surface area contributed by atoms with Crippen molar-refractivity contribution in [1.29, 1.82) is 5.26 Å². The zero-order chi connectivity index (χ0) is 19.9. The first-order valence-electron chi connectivity index (χ1n) is 7.74. The molecule has 0 radical (unpaired) electrons. The lowest BCUT2D eigenvalue weighted by Gasteiger charge is -2.10. The Balaban J connectivity index is 2.26. The number of nitrogens with one attached hydrogen (secondary N) is 1. The summed E-state index contributed by atoms with van der Waals surface area (Å²) in [7, 11) is -2.57. The highest BCUT2D eigenvalue weighted by atomic mass is 35.5. The predicted molar refractivity (Wildman–Crippen MR) is 102 cm³/mol. The molecule has 0 atom stereocenters. The minimum atomic E-state index is -3.87. The van der Waals surface area contributed by atoms with Gasteiger partial charge in [-0.05, 0) is 42.5 Å². The number of sulfonamides is 1. The molecule has 0 heterocycles. The van der Waals surface area contributed by atoms with Gasteiger partial charge in [-0.1, -0.05) is 23.4 Å². The average molecular weight is 403 g/mol. The van der Waals surface area contributed by atoms with Crippen LogP contribution in [0.5, 0.6) is 0 Å². The standard InChI is InChI=1S/C19H15ClN2O4S/c1-26-19(23)5-3-2-4-15-12-16(20)8-11-18(15)22-27(24,25)17-9-6-14(13-21)7-10-17/h6-12,22H,3,5H2,1H3. The molecule has 0 amide bonds. The van der Waals surface area contributed by atoms with Crippen molar-refractivity contribution in [2.75, 3.05) is 11.8 Å². The number of hydrogen-bond donors (Lipinski definition) is 1. The number of nitrogens with zero attached hydrogens (tertiary/aromatic N) is 1. The van der Waals surface area contributed by atoms with Crippen molar-refractivity contribution in [3.05, 3.63) is 58.6 Å². The summed E-state index contributed by atoms with van der Waals surface area (Å²) in [5.41, 5.74) is 0.997. The Morgan fingerprint density at radius 2 is 1.93 bits per heavy atom. The van der Waals surface area contributed by atoms with Crippen molar-refractivity contribution >= 4 is 33.3 Å². The number of carbonyl (C=O) groups excluding carboxylic acids is 1. The molecule has 2 aromatic carbocycles. The molecule has 2 aromatic rings. The Morgan fingerprint density at radius 3 is 2.56 bits per heavy atom. The van der Waals surface area contributed by atoms with Gasteiger partial charge in [0.1, 0.15) is 0 Å². The van der Waals surface area contributed by atoms with Gasteiger partial charge >= 0.3 is 5.97 Å². The van der Waals surface area contributed by atoms with Crippen LogP contribution in [0.25, 0.3) is 0 Å². The Kier molecular flexibility index (Phi) is 6.84. The summed E-state index contributed by atoms with van der Waals surface area (Å²) < 4.78 is 32.1. The van der Waals surface area contributed by atoms with Gasteiger partial charge in [0.15, 0.2) is 0 Å². The number of anilines is 1. The van der Waals surface area contributed by atoms with Crippen LogP contribution in [0.2, 0.25) is 5.02 Å². The Bertz CT molecular complexity index is 1050. The van der Waals surface area contributed by atoms with Gasteiger partial charge < -0.3 is 4.74 Å². The van der Waals surface area contributed by atoms with Gasteiger partial charge in [0.2, 0.25) is 0 Å². The van der Waals surface area contributed by atoms with Gasteiger partial charge in [0, 0.05) is 11.4 Å². The summed E-state index contributed by atoms with van der Waals surface area (Å²) in [6.07, 6.45) is 0.400. The van der Waals surface area contributed by atoms with Gasteiger partial charge in [0.25, 0.3) is 10.0 Å². The second-order valence-electron chi connectivity index (χ2n) is 5.31. The Morgan fingerprint density at radius 1 is 1.22 bits per heavy atom. The Labute approximate surface area is 162 Å². The molecule has 27 heavy (non-hydrogen) atoms. The largest absolute Gasteiger partial charge is 0.469 e. The van der Waals surface area contributed by atoms with Crippen LogP contribution in [0.1, 0.15) is 24.0 Å². The summed E-state index contributed by atoms with van der Waals surface area (Å²) in [4.78, 5) is 11.1. The van der Waals surface area contributed by atoms with Gasteiger partial charge in [-0.3, -0.25) is 9.52 Å². The third-order valence-electron chi connectivity index (χ3n) is 3.42. The minimum Gasteiger partial charge on any atom is -0.469 e. The lowest BCUT2D eigenvalue weighted by molar-refractivity contribution is -0.140. The lowest BCUT2D eigenvalue weighted by atomic mass is 10.2. The molecular formula is C19H15ClN2O4S. The highest BCUT2D eigenvalue weighted by Crippen LogP contribution is 2.23.